The molecular weight excluding hydrogens is 256 g/mol. The van der Waals surface area contributed by atoms with E-state index in [1.54, 1.807) is 12.1 Å². The number of rotatable bonds is 10. The average Bonchev–Trinajstić information content (AvgIpc) is 2.45. The molecule has 0 fully saturated rings. The standard InChI is InChI=1S/C16H24O4/c1-2-3-4-5-12-20-14-8-6-13(7-9-14)15(17)10-11-16(18)19/h6-9,15,17H,2-5,10-12H2,1H3,(H,18,19). The molecule has 20 heavy (non-hydrogen) atoms. The van der Waals surface area contributed by atoms with E-state index in [0.29, 0.717) is 6.61 Å². The maximum atomic E-state index is 10.5. The highest BCUT2D eigenvalue weighted by Gasteiger charge is 2.09. The number of aliphatic hydroxyl groups is 1. The molecule has 0 heterocycles. The van der Waals surface area contributed by atoms with Crippen molar-refractivity contribution < 1.29 is 19.7 Å². The Bertz CT molecular complexity index is 386. The van der Waals surface area contributed by atoms with Crippen LogP contribution in [0.25, 0.3) is 0 Å². The smallest absolute Gasteiger partial charge is 0.303 e. The summed E-state index contributed by atoms with van der Waals surface area (Å²) in [6.45, 7) is 2.89. The lowest BCUT2D eigenvalue weighted by Crippen LogP contribution is -2.03. The molecule has 1 aromatic rings. The van der Waals surface area contributed by atoms with Crippen molar-refractivity contribution in [2.24, 2.45) is 0 Å². The molecule has 0 amide bonds. The van der Waals surface area contributed by atoms with Gasteiger partial charge in [0.2, 0.25) is 0 Å². The molecule has 0 aliphatic heterocycles. The molecule has 0 saturated carbocycles. The minimum Gasteiger partial charge on any atom is -0.494 e. The van der Waals surface area contributed by atoms with Crippen LogP contribution < -0.4 is 4.74 Å². The minimum absolute atomic E-state index is 0.0309. The van der Waals surface area contributed by atoms with Crippen molar-refractivity contribution in [1.82, 2.24) is 0 Å². The first kappa shape index (κ1) is 16.5. The van der Waals surface area contributed by atoms with Crippen molar-refractivity contribution in [2.75, 3.05) is 6.61 Å². The SMILES string of the molecule is CCCCCCOc1ccc(C(O)CCC(=O)O)cc1. The number of aliphatic hydroxyl groups excluding tert-OH is 1. The Hall–Kier alpha value is -1.55. The third-order valence-electron chi connectivity index (χ3n) is 3.16. The van der Waals surface area contributed by atoms with E-state index >= 15 is 0 Å². The third-order valence-corrected chi connectivity index (χ3v) is 3.16. The number of hydrogen-bond donors (Lipinski definition) is 2. The fourth-order valence-electron chi connectivity index (χ4n) is 1.93. The van der Waals surface area contributed by atoms with Crippen LogP contribution in [0.1, 0.15) is 57.1 Å². The Balaban J connectivity index is 2.33. The summed E-state index contributed by atoms with van der Waals surface area (Å²) in [5.41, 5.74) is 0.726. The number of hydrogen-bond acceptors (Lipinski definition) is 3. The molecule has 0 bridgehead atoms. The molecule has 1 rings (SSSR count). The van der Waals surface area contributed by atoms with Gasteiger partial charge >= 0.3 is 5.97 Å². The first-order chi connectivity index (χ1) is 9.63. The maximum absolute atomic E-state index is 10.5. The van der Waals surface area contributed by atoms with Crippen LogP contribution in [-0.4, -0.2) is 22.8 Å². The van der Waals surface area contributed by atoms with Gasteiger partial charge in [0.25, 0.3) is 0 Å². The second-order valence-electron chi connectivity index (χ2n) is 4.93. The Morgan fingerprint density at radius 2 is 1.90 bits per heavy atom. The first-order valence-electron chi connectivity index (χ1n) is 7.26. The lowest BCUT2D eigenvalue weighted by molar-refractivity contribution is -0.137. The van der Waals surface area contributed by atoms with E-state index in [2.05, 4.69) is 6.92 Å². The normalized spacial score (nSPS) is 12.1. The van der Waals surface area contributed by atoms with Crippen molar-refractivity contribution in [3.05, 3.63) is 29.8 Å². The number of benzene rings is 1. The lowest BCUT2D eigenvalue weighted by Gasteiger charge is -2.11. The molecule has 1 atom stereocenters. The van der Waals surface area contributed by atoms with Gasteiger partial charge in [-0.05, 0) is 30.5 Å². The molecule has 0 aliphatic rings. The van der Waals surface area contributed by atoms with Crippen molar-refractivity contribution >= 4 is 5.97 Å². The summed E-state index contributed by atoms with van der Waals surface area (Å²) in [7, 11) is 0. The number of carboxylic acid groups (broad SMARTS) is 1. The summed E-state index contributed by atoms with van der Waals surface area (Å²) in [4.78, 5) is 10.5. The van der Waals surface area contributed by atoms with Crippen LogP contribution >= 0.6 is 0 Å². The van der Waals surface area contributed by atoms with Gasteiger partial charge in [-0.3, -0.25) is 4.79 Å². The van der Waals surface area contributed by atoms with Crippen molar-refractivity contribution in [3.8, 4) is 5.75 Å². The molecule has 1 aromatic carbocycles. The van der Waals surface area contributed by atoms with Gasteiger partial charge in [-0.15, -0.1) is 0 Å². The zero-order chi connectivity index (χ0) is 14.8. The number of unbranched alkanes of at least 4 members (excludes halogenated alkanes) is 3. The van der Waals surface area contributed by atoms with Gasteiger partial charge in [0.05, 0.1) is 12.7 Å². The molecular formula is C16H24O4. The van der Waals surface area contributed by atoms with Crippen molar-refractivity contribution in [1.29, 1.82) is 0 Å². The zero-order valence-corrected chi connectivity index (χ0v) is 12.0. The summed E-state index contributed by atoms with van der Waals surface area (Å²) in [6.07, 6.45) is 4.15. The molecule has 2 N–H and O–H groups in total. The van der Waals surface area contributed by atoms with Crippen LogP contribution in [0.3, 0.4) is 0 Å². The van der Waals surface area contributed by atoms with E-state index in [1.807, 2.05) is 12.1 Å². The van der Waals surface area contributed by atoms with Gasteiger partial charge in [-0.1, -0.05) is 38.3 Å². The molecule has 1 unspecified atom stereocenters. The molecule has 0 saturated heterocycles. The second kappa shape index (κ2) is 9.37. The molecule has 0 aliphatic carbocycles. The summed E-state index contributed by atoms with van der Waals surface area (Å²) >= 11 is 0. The van der Waals surface area contributed by atoms with E-state index in [9.17, 15) is 9.90 Å². The summed E-state index contributed by atoms with van der Waals surface area (Å²) in [5, 5.41) is 18.4. The van der Waals surface area contributed by atoms with Gasteiger partial charge < -0.3 is 14.9 Å². The highest BCUT2D eigenvalue weighted by atomic mass is 16.5. The number of aliphatic carboxylic acids is 1. The lowest BCUT2D eigenvalue weighted by atomic mass is 10.1. The molecule has 4 nitrogen and oxygen atoms in total. The first-order valence-corrected chi connectivity index (χ1v) is 7.26. The predicted octanol–water partition coefficient (Wildman–Crippen LogP) is 3.54. The van der Waals surface area contributed by atoms with E-state index in [1.165, 1.54) is 19.3 Å². The summed E-state index contributed by atoms with van der Waals surface area (Å²) in [6, 6.07) is 7.21. The monoisotopic (exact) mass is 280 g/mol. The quantitative estimate of drug-likeness (QED) is 0.643. The molecule has 0 spiro atoms. The third kappa shape index (κ3) is 6.57. The Morgan fingerprint density at radius 3 is 2.50 bits per heavy atom. The van der Waals surface area contributed by atoms with Gasteiger partial charge in [0.1, 0.15) is 5.75 Å². The highest BCUT2D eigenvalue weighted by Crippen LogP contribution is 2.21. The molecule has 0 radical (unpaired) electrons. The molecule has 4 heteroatoms. The highest BCUT2D eigenvalue weighted by molar-refractivity contribution is 5.66. The van der Waals surface area contributed by atoms with E-state index in [4.69, 9.17) is 9.84 Å². The second-order valence-corrected chi connectivity index (χ2v) is 4.93. The predicted molar refractivity (Wildman–Crippen MR) is 77.9 cm³/mol. The van der Waals surface area contributed by atoms with Crippen LogP contribution in [0.2, 0.25) is 0 Å². The Labute approximate surface area is 120 Å². The Morgan fingerprint density at radius 1 is 1.20 bits per heavy atom. The summed E-state index contributed by atoms with van der Waals surface area (Å²) < 4.78 is 5.61. The number of carboxylic acids is 1. The van der Waals surface area contributed by atoms with Crippen LogP contribution in [0, 0.1) is 0 Å². The number of ether oxygens (including phenoxy) is 1. The maximum Gasteiger partial charge on any atom is 0.303 e. The van der Waals surface area contributed by atoms with Crippen LogP contribution in [0.4, 0.5) is 0 Å². The minimum atomic E-state index is -0.893. The fraction of sp³-hybridized carbons (Fsp3) is 0.562. The van der Waals surface area contributed by atoms with Crippen LogP contribution in [0.15, 0.2) is 24.3 Å². The van der Waals surface area contributed by atoms with E-state index in [0.717, 1.165) is 17.7 Å². The van der Waals surface area contributed by atoms with Gasteiger partial charge in [0.15, 0.2) is 0 Å². The molecule has 112 valence electrons. The summed E-state index contributed by atoms with van der Waals surface area (Å²) in [5.74, 6) is -0.105. The number of carbonyl (C=O) groups is 1. The Kier molecular flexibility index (Phi) is 7.73. The molecule has 0 aromatic heterocycles. The van der Waals surface area contributed by atoms with Crippen LogP contribution in [-0.2, 0) is 4.79 Å². The average molecular weight is 280 g/mol. The van der Waals surface area contributed by atoms with E-state index in [-0.39, 0.29) is 12.8 Å². The topological polar surface area (TPSA) is 66.8 Å². The van der Waals surface area contributed by atoms with E-state index < -0.39 is 12.1 Å². The van der Waals surface area contributed by atoms with Gasteiger partial charge in [-0.25, -0.2) is 0 Å². The van der Waals surface area contributed by atoms with Gasteiger partial charge in [0, 0.05) is 6.42 Å². The largest absolute Gasteiger partial charge is 0.494 e. The fourth-order valence-corrected chi connectivity index (χ4v) is 1.93. The van der Waals surface area contributed by atoms with Crippen molar-refractivity contribution in [2.45, 2.75) is 51.6 Å². The van der Waals surface area contributed by atoms with Crippen LogP contribution in [0.5, 0.6) is 5.75 Å². The zero-order valence-electron chi connectivity index (χ0n) is 12.0. The van der Waals surface area contributed by atoms with Gasteiger partial charge in [-0.2, -0.15) is 0 Å². The van der Waals surface area contributed by atoms with Crippen molar-refractivity contribution in [3.63, 3.8) is 0 Å².